The number of rotatable bonds is 12. The Morgan fingerprint density at radius 3 is 0.798 bits per heavy atom. The predicted octanol–water partition coefficient (Wildman–Crippen LogP) is 12.6. The average molecular weight is 1420 g/mol. The number of anilines is 6. The maximum atomic E-state index is 14.2. The van der Waals surface area contributed by atoms with Gasteiger partial charge in [0.25, 0.3) is 0 Å². The molecule has 4 saturated heterocycles. The molecule has 4 aromatic carbocycles. The lowest BCUT2D eigenvalue weighted by molar-refractivity contribution is 0.146. The molecule has 8 aromatic rings. The Kier molecular flexibility index (Phi) is 22.5. The average Bonchev–Trinajstić information content (AvgIpc) is 1.28. The van der Waals surface area contributed by atoms with Crippen molar-refractivity contribution in [3.8, 4) is 11.5 Å². The van der Waals surface area contributed by atoms with Crippen LogP contribution in [0.1, 0.15) is 120 Å². The molecule has 4 saturated carbocycles. The van der Waals surface area contributed by atoms with Gasteiger partial charge in [0.15, 0.2) is 46.4 Å². The Labute approximate surface area is 601 Å². The Hall–Kier alpha value is -10.8. The molecule has 8 aliphatic rings. The van der Waals surface area contributed by atoms with E-state index in [4.69, 9.17) is 9.47 Å². The Balaban J connectivity index is 0.000000123. The quantitative estimate of drug-likeness (QED) is 0.108. The van der Waals surface area contributed by atoms with E-state index in [-0.39, 0.29) is 46.6 Å². The topological polar surface area (TPSA) is 240 Å². The van der Waals surface area contributed by atoms with Gasteiger partial charge in [0.1, 0.15) is 11.6 Å². The number of aryl methyl sites for hydroxylation is 4. The van der Waals surface area contributed by atoms with Gasteiger partial charge in [0, 0.05) is 105 Å². The van der Waals surface area contributed by atoms with Gasteiger partial charge in [-0.2, -0.15) is 20.4 Å². The van der Waals surface area contributed by atoms with Crippen LogP contribution in [0, 0.1) is 51.0 Å². The minimum absolute atomic E-state index is 0.00812. The molecule has 6 amide bonds. The molecule has 0 spiro atoms. The molecule has 104 heavy (non-hydrogen) atoms. The highest BCUT2D eigenvalue weighted by Crippen LogP contribution is 2.44. The fraction of sp³-hybridized carbons (Fsp3) is 0.421. The molecule has 0 atom stereocenters. The monoisotopic (exact) mass is 1420 g/mol. The lowest BCUT2D eigenvalue weighted by Gasteiger charge is -2.35. The van der Waals surface area contributed by atoms with E-state index >= 15 is 0 Å². The van der Waals surface area contributed by atoms with Crippen molar-refractivity contribution < 1.29 is 46.2 Å². The summed E-state index contributed by atoms with van der Waals surface area (Å²) in [5.74, 6) is 3.45. The number of aromatic nitrogens is 8. The van der Waals surface area contributed by atoms with Crippen molar-refractivity contribution in [2.45, 2.75) is 103 Å². The molecule has 0 unspecified atom stereocenters. The fourth-order valence-electron chi connectivity index (χ4n) is 12.6. The Bertz CT molecular complexity index is 3740. The first-order chi connectivity index (χ1) is 50.4. The van der Waals surface area contributed by atoms with Crippen LogP contribution < -0.4 is 39.7 Å². The fourth-order valence-corrected chi connectivity index (χ4v) is 12.6. The van der Waals surface area contributed by atoms with Gasteiger partial charge < -0.3 is 59.3 Å². The third kappa shape index (κ3) is 19.1. The van der Waals surface area contributed by atoms with E-state index in [0.29, 0.717) is 128 Å². The summed E-state index contributed by atoms with van der Waals surface area (Å²) in [6.45, 7) is 17.0. The van der Waals surface area contributed by atoms with Gasteiger partial charge in [-0.1, -0.05) is 24.3 Å². The molecule has 2 N–H and O–H groups in total. The van der Waals surface area contributed by atoms with Crippen molar-refractivity contribution in [1.82, 2.24) is 60.4 Å². The first kappa shape index (κ1) is 71.6. The van der Waals surface area contributed by atoms with Crippen molar-refractivity contribution in [2.24, 2.45) is 0 Å². The Morgan fingerprint density at radius 1 is 0.317 bits per heavy atom. The molecule has 4 aliphatic heterocycles. The number of benzene rings is 4. The minimum atomic E-state index is -0.516. The molecule has 0 bridgehead atoms. The van der Waals surface area contributed by atoms with Gasteiger partial charge in [-0.05, 0) is 222 Å². The zero-order chi connectivity index (χ0) is 72.4. The highest BCUT2D eigenvalue weighted by Gasteiger charge is 2.32. The molecular weight excluding hydrogens is 1340 g/mol. The normalized spacial score (nSPS) is 17.3. The molecule has 4 aliphatic carbocycles. The van der Waals surface area contributed by atoms with Gasteiger partial charge in [0.2, 0.25) is 0 Å². The minimum Gasteiger partial charge on any atom is -0.407 e. The highest BCUT2D eigenvalue weighted by atomic mass is 19.1. The summed E-state index contributed by atoms with van der Waals surface area (Å²) >= 11 is 0. The van der Waals surface area contributed by atoms with Crippen LogP contribution in [-0.4, -0.2) is 189 Å². The maximum Gasteiger partial charge on any atom is 0.415 e. The maximum absolute atomic E-state index is 14.2. The summed E-state index contributed by atoms with van der Waals surface area (Å²) in [6, 6.07) is 34.9. The first-order valence-electron chi connectivity index (χ1n) is 35.8. The second-order valence-corrected chi connectivity index (χ2v) is 27.6. The van der Waals surface area contributed by atoms with E-state index in [0.717, 1.165) is 120 Å². The van der Waals surface area contributed by atoms with E-state index in [2.05, 4.69) is 71.0 Å². The van der Waals surface area contributed by atoms with Gasteiger partial charge in [-0.25, -0.2) is 36.7 Å². The van der Waals surface area contributed by atoms with Gasteiger partial charge >= 0.3 is 24.2 Å². The number of nitrogens with zero attached hydrogens (tertiary/aromatic N) is 16. The molecule has 24 nitrogen and oxygen atoms in total. The van der Waals surface area contributed by atoms with Crippen molar-refractivity contribution in [1.29, 1.82) is 0 Å². The van der Waals surface area contributed by atoms with Gasteiger partial charge in [0.05, 0.1) is 34.2 Å². The Morgan fingerprint density at radius 2 is 0.567 bits per heavy atom. The number of carbonyl (C=O) groups is 4. The molecule has 8 fully saturated rings. The summed E-state index contributed by atoms with van der Waals surface area (Å²) in [5, 5.41) is 38.4. The number of hydrogen-bond acceptors (Lipinski definition) is 18. The summed E-state index contributed by atoms with van der Waals surface area (Å²) in [7, 11) is 0. The van der Waals surface area contributed by atoms with Crippen molar-refractivity contribution >= 4 is 58.9 Å². The van der Waals surface area contributed by atoms with Gasteiger partial charge in [-0.3, -0.25) is 0 Å². The zero-order valence-corrected chi connectivity index (χ0v) is 58.9. The summed E-state index contributed by atoms with van der Waals surface area (Å²) in [5.41, 5.74) is 7.98. The van der Waals surface area contributed by atoms with Crippen LogP contribution >= 0.6 is 0 Å². The van der Waals surface area contributed by atoms with Crippen molar-refractivity contribution in [2.75, 3.05) is 135 Å². The lowest BCUT2D eigenvalue weighted by Crippen LogP contribution is -2.50. The van der Waals surface area contributed by atoms with Crippen LogP contribution in [0.5, 0.6) is 11.5 Å². The van der Waals surface area contributed by atoms with Crippen LogP contribution in [0.4, 0.5) is 71.4 Å². The second kappa shape index (κ2) is 32.7. The number of carbonyl (C=O) groups excluding carboxylic acids is 4. The largest absolute Gasteiger partial charge is 0.415 e. The molecule has 544 valence electrons. The van der Waals surface area contributed by atoms with E-state index in [1.54, 1.807) is 56.0 Å². The highest BCUT2D eigenvalue weighted by molar-refractivity contribution is 5.90. The second-order valence-electron chi connectivity index (χ2n) is 27.6. The number of amides is 6. The van der Waals surface area contributed by atoms with Crippen LogP contribution in [-0.2, 0) is 0 Å². The van der Waals surface area contributed by atoms with E-state index < -0.39 is 23.8 Å². The van der Waals surface area contributed by atoms with E-state index in [1.807, 2.05) is 100 Å². The van der Waals surface area contributed by atoms with Crippen LogP contribution in [0.2, 0.25) is 0 Å². The number of hydrogen-bond donors (Lipinski definition) is 2. The first-order valence-corrected chi connectivity index (χ1v) is 35.8. The number of piperazine rings is 4. The molecule has 4 aromatic heterocycles. The summed E-state index contributed by atoms with van der Waals surface area (Å²) in [6.07, 6.45) is 7.89. The van der Waals surface area contributed by atoms with Crippen LogP contribution in [0.3, 0.4) is 0 Å². The zero-order valence-electron chi connectivity index (χ0n) is 58.9. The SMILES string of the molecule is Cc1ccc(N2CCN(C(=O)Nc3ccc(C4CC4)cc3F)CC2)nn1.Cc1ccc(N2CCN(C(=O)Nc3ccc(C4CC4)cc3F)CC2)nn1.Cc1ccc(N2CCN(C(=O)Oc3ccc(C4CC4)cc3F)CC2)nn1.Cc1ccc(N2CCN(C(=O)Oc3ccc(C4CC4)cc3F)CC2)nn1. The molecular formula is C76H86F4N18O6. The third-order valence-corrected chi connectivity index (χ3v) is 19.6. The van der Waals surface area contributed by atoms with E-state index in [1.165, 1.54) is 12.1 Å². The standard InChI is InChI=1S/2C19H22FN5O.2C19H21FN4O2/c2*1-13-2-7-18(23-22-13)24-8-10-25(11-9-24)19(26)21-17-6-5-15(12-16(17)20)14-3-4-14;2*1-13-2-7-18(22-21-13)23-8-10-24(11-9-23)19(25)26-17-6-5-15(12-16(17)20)14-3-4-14/h2*2,5-7,12,14H,3-4,8-11H2,1H3,(H,21,26);2*2,5-7,12,14H,3-4,8-11H2,1H3. The lowest BCUT2D eigenvalue weighted by atomic mass is 10.1. The van der Waals surface area contributed by atoms with Crippen molar-refractivity contribution in [3.05, 3.63) is 190 Å². The molecule has 0 radical (unpaired) electrons. The molecule has 16 rings (SSSR count). The van der Waals surface area contributed by atoms with Crippen LogP contribution in [0.25, 0.3) is 0 Å². The van der Waals surface area contributed by atoms with E-state index in [9.17, 15) is 36.7 Å². The summed E-state index contributed by atoms with van der Waals surface area (Å²) in [4.78, 5) is 64.5. The number of ether oxygens (including phenoxy) is 2. The van der Waals surface area contributed by atoms with Gasteiger partial charge in [-0.15, -0.1) is 20.4 Å². The predicted molar refractivity (Wildman–Crippen MR) is 386 cm³/mol. The summed E-state index contributed by atoms with van der Waals surface area (Å²) < 4.78 is 67.3. The smallest absolute Gasteiger partial charge is 0.407 e. The number of nitrogens with one attached hydrogen (secondary N) is 2. The third-order valence-electron chi connectivity index (χ3n) is 19.6. The van der Waals surface area contributed by atoms with Crippen molar-refractivity contribution in [3.63, 3.8) is 0 Å². The number of halogens is 4. The molecule has 8 heterocycles. The number of urea groups is 2. The molecule has 28 heteroatoms. The van der Waals surface area contributed by atoms with Crippen LogP contribution in [0.15, 0.2) is 121 Å².